The summed E-state index contributed by atoms with van der Waals surface area (Å²) in [7, 11) is 2.78. The minimum Gasteiger partial charge on any atom is -0.460 e. The minimum atomic E-state index is -0.533. The molecule has 2 amide bonds. The van der Waals surface area contributed by atoms with E-state index in [-0.39, 0.29) is 36.6 Å². The van der Waals surface area contributed by atoms with Crippen LogP contribution >= 0.6 is 21.6 Å². The summed E-state index contributed by atoms with van der Waals surface area (Å²) in [4.78, 5) is 51.0. The molecule has 2 rings (SSSR count). The van der Waals surface area contributed by atoms with E-state index < -0.39 is 11.2 Å². The first-order chi connectivity index (χ1) is 18.7. The van der Waals surface area contributed by atoms with Gasteiger partial charge >= 0.3 is 11.9 Å². The van der Waals surface area contributed by atoms with E-state index in [9.17, 15) is 19.2 Å². The predicted octanol–water partition coefficient (Wildman–Crippen LogP) is 6.19. The first kappa shape index (κ1) is 33.2. The number of nitrogens with one attached hydrogen (secondary N) is 2. The van der Waals surface area contributed by atoms with Gasteiger partial charge in [0, 0.05) is 35.7 Å². The zero-order valence-corrected chi connectivity index (χ0v) is 25.8. The maximum atomic E-state index is 12.8. The van der Waals surface area contributed by atoms with Gasteiger partial charge in [0.25, 0.3) is 11.8 Å². The fourth-order valence-corrected chi connectivity index (χ4v) is 5.75. The molecule has 40 heavy (non-hydrogen) atoms. The number of hydrogen-bond donors (Lipinski definition) is 2. The van der Waals surface area contributed by atoms with E-state index in [1.807, 2.05) is 65.8 Å². The Bertz CT molecular complexity index is 1080. The van der Waals surface area contributed by atoms with Crippen LogP contribution in [-0.2, 0) is 19.1 Å². The third kappa shape index (κ3) is 12.9. The van der Waals surface area contributed by atoms with Crippen molar-refractivity contribution in [2.75, 3.05) is 13.1 Å². The molecule has 8 nitrogen and oxygen atoms in total. The highest BCUT2D eigenvalue weighted by Crippen LogP contribution is 2.40. The lowest BCUT2D eigenvalue weighted by atomic mass is 10.2. The van der Waals surface area contributed by atoms with Crippen LogP contribution in [0.1, 0.15) is 87.9 Å². The number of carbonyl (C=O) groups is 4. The lowest BCUT2D eigenvalue weighted by Gasteiger charge is -2.19. The fourth-order valence-electron chi connectivity index (χ4n) is 3.39. The van der Waals surface area contributed by atoms with Crippen LogP contribution < -0.4 is 10.6 Å². The van der Waals surface area contributed by atoms with E-state index in [1.165, 1.54) is 21.6 Å². The molecule has 0 radical (unpaired) electrons. The fraction of sp³-hybridized carbons (Fsp3) is 0.467. The monoisotopic (exact) mass is 588 g/mol. The summed E-state index contributed by atoms with van der Waals surface area (Å²) in [6.07, 6.45) is 1.41. The zero-order chi connectivity index (χ0) is 29.8. The lowest BCUT2D eigenvalue weighted by Crippen LogP contribution is -2.27. The van der Waals surface area contributed by atoms with Crippen LogP contribution in [0, 0.1) is 0 Å². The van der Waals surface area contributed by atoms with Crippen molar-refractivity contribution in [1.82, 2.24) is 10.6 Å². The SMILES string of the molecule is CC(C)(C)OC(=O)CCCNC(=O)c1ccccc1SSc1ccccc1C(=O)NCCCC(=O)OC(C)(C)C. The second kappa shape index (κ2) is 15.7. The largest absolute Gasteiger partial charge is 0.460 e. The van der Waals surface area contributed by atoms with E-state index >= 15 is 0 Å². The Balaban J connectivity index is 1.90. The number of benzene rings is 2. The Morgan fingerprint density at radius 1 is 0.625 bits per heavy atom. The third-order valence-electron chi connectivity index (χ3n) is 5.01. The molecule has 0 atom stereocenters. The predicted molar refractivity (Wildman–Crippen MR) is 159 cm³/mol. The van der Waals surface area contributed by atoms with Gasteiger partial charge in [-0.1, -0.05) is 45.9 Å². The van der Waals surface area contributed by atoms with Crippen molar-refractivity contribution in [3.63, 3.8) is 0 Å². The van der Waals surface area contributed by atoms with Gasteiger partial charge in [-0.2, -0.15) is 0 Å². The smallest absolute Gasteiger partial charge is 0.306 e. The van der Waals surface area contributed by atoms with Crippen molar-refractivity contribution in [2.45, 2.75) is 88.2 Å². The Labute approximate surface area is 245 Å². The molecule has 0 spiro atoms. The molecule has 0 saturated heterocycles. The first-order valence-electron chi connectivity index (χ1n) is 13.3. The average Bonchev–Trinajstić information content (AvgIpc) is 2.86. The number of esters is 2. The summed E-state index contributed by atoms with van der Waals surface area (Å²) in [5.74, 6) is -1.05. The number of amides is 2. The van der Waals surface area contributed by atoms with Crippen LogP contribution in [0.4, 0.5) is 0 Å². The van der Waals surface area contributed by atoms with Crippen LogP contribution in [0.15, 0.2) is 58.3 Å². The highest BCUT2D eigenvalue weighted by molar-refractivity contribution is 8.76. The molecule has 0 bridgehead atoms. The van der Waals surface area contributed by atoms with Gasteiger partial charge in [-0.15, -0.1) is 0 Å². The van der Waals surface area contributed by atoms with E-state index in [0.29, 0.717) is 37.1 Å². The number of hydrogen-bond acceptors (Lipinski definition) is 8. The van der Waals surface area contributed by atoms with Crippen LogP contribution in [0.2, 0.25) is 0 Å². The van der Waals surface area contributed by atoms with Gasteiger partial charge in [-0.05, 0) is 78.6 Å². The Kier molecular flexibility index (Phi) is 13.1. The van der Waals surface area contributed by atoms with Crippen LogP contribution in [0.3, 0.4) is 0 Å². The summed E-state index contributed by atoms with van der Waals surface area (Å²) in [5.41, 5.74) is -0.0348. The van der Waals surface area contributed by atoms with Crippen LogP contribution in [-0.4, -0.2) is 48.0 Å². The van der Waals surface area contributed by atoms with Crippen molar-refractivity contribution in [1.29, 1.82) is 0 Å². The van der Waals surface area contributed by atoms with Crippen molar-refractivity contribution >= 4 is 45.3 Å². The Morgan fingerprint density at radius 2 is 0.975 bits per heavy atom. The van der Waals surface area contributed by atoms with Gasteiger partial charge in [-0.25, -0.2) is 0 Å². The van der Waals surface area contributed by atoms with Gasteiger partial charge in [0.2, 0.25) is 0 Å². The molecule has 0 fully saturated rings. The molecular weight excluding hydrogens is 548 g/mol. The molecule has 0 unspecified atom stereocenters. The summed E-state index contributed by atoms with van der Waals surface area (Å²) >= 11 is 0. The van der Waals surface area contributed by atoms with Gasteiger partial charge in [-0.3, -0.25) is 19.2 Å². The highest BCUT2D eigenvalue weighted by Gasteiger charge is 2.18. The normalized spacial score (nSPS) is 11.4. The average molecular weight is 589 g/mol. The van der Waals surface area contributed by atoms with Gasteiger partial charge in [0.1, 0.15) is 11.2 Å². The maximum absolute atomic E-state index is 12.8. The first-order valence-corrected chi connectivity index (χ1v) is 15.4. The molecule has 0 aliphatic carbocycles. The summed E-state index contributed by atoms with van der Waals surface area (Å²) in [6, 6.07) is 14.5. The minimum absolute atomic E-state index is 0.226. The molecule has 0 aliphatic rings. The van der Waals surface area contributed by atoms with E-state index in [0.717, 1.165) is 9.79 Å². The van der Waals surface area contributed by atoms with Gasteiger partial charge < -0.3 is 20.1 Å². The maximum Gasteiger partial charge on any atom is 0.306 e. The standard InChI is InChI=1S/C30H40N2O6S2/c1-29(2,3)37-25(33)17-11-19-31-27(35)21-13-7-9-15-23(21)39-40-24-16-10-8-14-22(24)28(36)32-20-12-18-26(34)38-30(4,5)6/h7-10,13-16H,11-12,17-20H2,1-6H3,(H,31,35)(H,32,36). The third-order valence-corrected chi connectivity index (χ3v) is 7.49. The highest BCUT2D eigenvalue weighted by atomic mass is 33.1. The van der Waals surface area contributed by atoms with Crippen molar-refractivity contribution in [3.8, 4) is 0 Å². The number of rotatable bonds is 13. The van der Waals surface area contributed by atoms with Crippen molar-refractivity contribution < 1.29 is 28.7 Å². The molecule has 0 aromatic heterocycles. The zero-order valence-electron chi connectivity index (χ0n) is 24.1. The Morgan fingerprint density at radius 3 is 1.32 bits per heavy atom. The molecular formula is C30H40N2O6S2. The number of ether oxygens (including phenoxy) is 2. The van der Waals surface area contributed by atoms with E-state index in [2.05, 4.69) is 10.6 Å². The second-order valence-corrected chi connectivity index (χ2v) is 13.3. The summed E-state index contributed by atoms with van der Waals surface area (Å²) in [6.45, 7) is 11.6. The van der Waals surface area contributed by atoms with Crippen molar-refractivity contribution in [3.05, 3.63) is 59.7 Å². The van der Waals surface area contributed by atoms with E-state index in [1.54, 1.807) is 24.3 Å². The molecule has 0 aliphatic heterocycles. The molecule has 0 heterocycles. The molecule has 2 N–H and O–H groups in total. The summed E-state index contributed by atoms with van der Waals surface area (Å²) in [5, 5.41) is 5.74. The lowest BCUT2D eigenvalue weighted by molar-refractivity contribution is -0.156. The molecule has 0 saturated carbocycles. The van der Waals surface area contributed by atoms with Crippen LogP contribution in [0.25, 0.3) is 0 Å². The van der Waals surface area contributed by atoms with Crippen LogP contribution in [0.5, 0.6) is 0 Å². The molecule has 218 valence electrons. The van der Waals surface area contributed by atoms with Gasteiger partial charge in [0.05, 0.1) is 11.1 Å². The van der Waals surface area contributed by atoms with E-state index in [4.69, 9.17) is 9.47 Å². The molecule has 10 heteroatoms. The topological polar surface area (TPSA) is 111 Å². The molecule has 2 aromatic rings. The number of carbonyl (C=O) groups excluding carboxylic acids is 4. The van der Waals surface area contributed by atoms with Crippen molar-refractivity contribution in [2.24, 2.45) is 0 Å². The van der Waals surface area contributed by atoms with Gasteiger partial charge in [0.15, 0.2) is 0 Å². The molecule has 2 aromatic carbocycles. The quantitative estimate of drug-likeness (QED) is 0.162. The second-order valence-electron chi connectivity index (χ2n) is 11.1. The summed E-state index contributed by atoms with van der Waals surface area (Å²) < 4.78 is 10.6. The Hall–Kier alpha value is -2.98.